The van der Waals surface area contributed by atoms with Gasteiger partial charge < -0.3 is 4.43 Å². The van der Waals surface area contributed by atoms with Gasteiger partial charge >= 0.3 is 0 Å². The van der Waals surface area contributed by atoms with Crippen LogP contribution in [0.5, 0.6) is 0 Å². The Labute approximate surface area is 101 Å². The van der Waals surface area contributed by atoms with Crippen molar-refractivity contribution >= 4 is 20.1 Å². The van der Waals surface area contributed by atoms with E-state index in [4.69, 9.17) is 4.43 Å². The van der Waals surface area contributed by atoms with E-state index in [1.54, 1.807) is 0 Å². The van der Waals surface area contributed by atoms with E-state index in [-0.39, 0.29) is 0 Å². The summed E-state index contributed by atoms with van der Waals surface area (Å²) in [4.78, 5) is 0. The van der Waals surface area contributed by atoms with Crippen LogP contribution in [0, 0.1) is 0 Å². The minimum atomic E-state index is -1.59. The van der Waals surface area contributed by atoms with E-state index in [1.165, 1.54) is 0 Å². The number of thioether (sulfide) groups is 1. The molecule has 0 aromatic rings. The van der Waals surface area contributed by atoms with Gasteiger partial charge in [-0.1, -0.05) is 48.5 Å². The molecule has 0 aromatic heterocycles. The summed E-state index contributed by atoms with van der Waals surface area (Å²) < 4.78 is 6.36. The molecule has 0 unspecified atom stereocenters. The Morgan fingerprint density at radius 2 is 1.33 bits per heavy atom. The Hall–Kier alpha value is 0.527. The first kappa shape index (κ1) is 15.5. The summed E-state index contributed by atoms with van der Waals surface area (Å²) in [6.07, 6.45) is 0. The van der Waals surface area contributed by atoms with E-state index in [0.717, 1.165) is 11.7 Å². The van der Waals surface area contributed by atoms with Crippen molar-refractivity contribution in [2.45, 2.75) is 65.1 Å². The van der Waals surface area contributed by atoms with Crippen molar-refractivity contribution in [1.29, 1.82) is 0 Å². The summed E-state index contributed by atoms with van der Waals surface area (Å²) in [6, 6.07) is 0. The molecule has 15 heavy (non-hydrogen) atoms. The Morgan fingerprint density at radius 3 is 1.60 bits per heavy atom. The minimum absolute atomic E-state index is 0.704. The molecule has 0 aliphatic rings. The fraction of sp³-hybridized carbons (Fsp3) is 1.00. The first-order valence-electron chi connectivity index (χ1n) is 6.11. The van der Waals surface area contributed by atoms with Gasteiger partial charge in [0.25, 0.3) is 0 Å². The van der Waals surface area contributed by atoms with Gasteiger partial charge in [-0.05, 0) is 22.4 Å². The van der Waals surface area contributed by atoms with Crippen LogP contribution in [0.4, 0.5) is 0 Å². The van der Waals surface area contributed by atoms with Crippen molar-refractivity contribution in [1.82, 2.24) is 0 Å². The topological polar surface area (TPSA) is 9.23 Å². The van der Waals surface area contributed by atoms with E-state index in [0.29, 0.717) is 16.6 Å². The molecule has 0 rings (SSSR count). The maximum absolute atomic E-state index is 6.36. The standard InChI is InChI=1S/C12H28OSSi/c1-8-14-9-13-15(10(2)3,11(4)5)12(6)7/h10-12H,8-9H2,1-7H3. The third kappa shape index (κ3) is 3.79. The van der Waals surface area contributed by atoms with Crippen molar-refractivity contribution in [3.8, 4) is 0 Å². The molecule has 3 heteroatoms. The predicted octanol–water partition coefficient (Wildman–Crippen LogP) is 4.89. The van der Waals surface area contributed by atoms with Gasteiger partial charge in [-0.2, -0.15) is 0 Å². The molecular formula is C12H28OSSi. The van der Waals surface area contributed by atoms with Gasteiger partial charge in [-0.25, -0.2) is 0 Å². The molecule has 0 saturated carbocycles. The fourth-order valence-electron chi connectivity index (χ4n) is 2.73. The van der Waals surface area contributed by atoms with Gasteiger partial charge in [0.2, 0.25) is 8.32 Å². The first-order chi connectivity index (χ1) is 6.89. The maximum atomic E-state index is 6.36. The zero-order chi connectivity index (χ0) is 12.1. The maximum Gasteiger partial charge on any atom is 0.201 e. The van der Waals surface area contributed by atoms with E-state index in [9.17, 15) is 0 Å². The van der Waals surface area contributed by atoms with Gasteiger partial charge in [-0.3, -0.25) is 0 Å². The van der Waals surface area contributed by atoms with Crippen LogP contribution in [0.2, 0.25) is 16.6 Å². The molecule has 92 valence electrons. The van der Waals surface area contributed by atoms with Gasteiger partial charge in [-0.15, -0.1) is 11.8 Å². The highest BCUT2D eigenvalue weighted by Crippen LogP contribution is 2.42. The third-order valence-electron chi connectivity index (χ3n) is 3.30. The van der Waals surface area contributed by atoms with E-state index in [1.807, 2.05) is 11.8 Å². The molecular weight excluding hydrogens is 220 g/mol. The zero-order valence-electron chi connectivity index (χ0n) is 11.5. The molecule has 0 spiro atoms. The molecule has 0 atom stereocenters. The molecule has 0 aromatic carbocycles. The lowest BCUT2D eigenvalue weighted by Gasteiger charge is -2.42. The van der Waals surface area contributed by atoms with Crippen molar-refractivity contribution in [3.63, 3.8) is 0 Å². The second kappa shape index (κ2) is 6.97. The molecule has 0 saturated heterocycles. The van der Waals surface area contributed by atoms with Crippen molar-refractivity contribution in [3.05, 3.63) is 0 Å². The predicted molar refractivity (Wildman–Crippen MR) is 75.1 cm³/mol. The third-order valence-corrected chi connectivity index (χ3v) is 10.3. The molecule has 0 aliphatic carbocycles. The Morgan fingerprint density at radius 1 is 0.933 bits per heavy atom. The van der Waals surface area contributed by atoms with Crippen LogP contribution in [0.3, 0.4) is 0 Å². The second-order valence-electron chi connectivity index (χ2n) is 5.07. The number of hydrogen-bond acceptors (Lipinski definition) is 2. The molecule has 0 heterocycles. The number of rotatable bonds is 7. The quantitative estimate of drug-likeness (QED) is 0.360. The van der Waals surface area contributed by atoms with E-state index in [2.05, 4.69) is 48.5 Å². The van der Waals surface area contributed by atoms with Crippen molar-refractivity contribution < 1.29 is 4.43 Å². The van der Waals surface area contributed by atoms with Crippen molar-refractivity contribution in [2.75, 3.05) is 11.7 Å². The zero-order valence-corrected chi connectivity index (χ0v) is 13.3. The van der Waals surface area contributed by atoms with Crippen LogP contribution in [-0.2, 0) is 4.43 Å². The summed E-state index contributed by atoms with van der Waals surface area (Å²) >= 11 is 1.90. The molecule has 0 bridgehead atoms. The highest BCUT2D eigenvalue weighted by molar-refractivity contribution is 7.99. The van der Waals surface area contributed by atoms with Gasteiger partial charge in [0.1, 0.15) is 0 Å². The summed E-state index contributed by atoms with van der Waals surface area (Å²) in [6.45, 7) is 16.2. The molecule has 0 fully saturated rings. The van der Waals surface area contributed by atoms with Gasteiger partial charge in [0.15, 0.2) is 0 Å². The fourth-order valence-corrected chi connectivity index (χ4v) is 9.04. The monoisotopic (exact) mass is 248 g/mol. The Kier molecular flexibility index (Phi) is 7.22. The van der Waals surface area contributed by atoms with Crippen molar-refractivity contribution in [2.24, 2.45) is 0 Å². The van der Waals surface area contributed by atoms with E-state index >= 15 is 0 Å². The molecule has 0 N–H and O–H groups in total. The van der Waals surface area contributed by atoms with Crippen LogP contribution < -0.4 is 0 Å². The minimum Gasteiger partial charge on any atom is -0.407 e. The van der Waals surface area contributed by atoms with Crippen LogP contribution in [-0.4, -0.2) is 20.0 Å². The highest BCUT2D eigenvalue weighted by Gasteiger charge is 2.44. The highest BCUT2D eigenvalue weighted by atomic mass is 32.2. The Balaban J connectivity index is 4.65. The molecule has 0 radical (unpaired) electrons. The summed E-state index contributed by atoms with van der Waals surface area (Å²) in [5.41, 5.74) is 2.11. The lowest BCUT2D eigenvalue weighted by atomic mass is 10.5. The Bertz CT molecular complexity index is 147. The molecule has 1 nitrogen and oxygen atoms in total. The van der Waals surface area contributed by atoms with Gasteiger partial charge in [0.05, 0.1) is 5.94 Å². The SMILES string of the molecule is CCSCO[Si](C(C)C)(C(C)C)C(C)C. The average Bonchev–Trinajstić information content (AvgIpc) is 2.10. The average molecular weight is 249 g/mol. The molecule has 0 amide bonds. The normalized spacial score (nSPS) is 13.2. The van der Waals surface area contributed by atoms with Crippen LogP contribution >= 0.6 is 11.8 Å². The summed E-state index contributed by atoms with van der Waals surface area (Å²) in [5.74, 6) is 2.04. The largest absolute Gasteiger partial charge is 0.407 e. The summed E-state index contributed by atoms with van der Waals surface area (Å²) in [7, 11) is -1.59. The first-order valence-corrected chi connectivity index (χ1v) is 9.40. The second-order valence-corrected chi connectivity index (χ2v) is 11.8. The van der Waals surface area contributed by atoms with E-state index < -0.39 is 8.32 Å². The lowest BCUT2D eigenvalue weighted by Crippen LogP contribution is -2.47. The smallest absolute Gasteiger partial charge is 0.201 e. The lowest BCUT2D eigenvalue weighted by molar-refractivity contribution is 0.342. The summed E-state index contributed by atoms with van der Waals surface area (Å²) in [5, 5.41) is 0. The van der Waals surface area contributed by atoms with Crippen LogP contribution in [0.1, 0.15) is 48.5 Å². The molecule has 0 aliphatic heterocycles. The van der Waals surface area contributed by atoms with Crippen LogP contribution in [0.15, 0.2) is 0 Å². The van der Waals surface area contributed by atoms with Crippen LogP contribution in [0.25, 0.3) is 0 Å². The van der Waals surface area contributed by atoms with Gasteiger partial charge in [0, 0.05) is 0 Å². The number of hydrogen-bond donors (Lipinski definition) is 0.